The average Bonchev–Trinajstić information content (AvgIpc) is 0.835. The molecule has 19 N–H and O–H groups in total. The molecular weight excluding hydrogens is 1540 g/mol. The molecule has 1 aliphatic heterocycles. The number of aromatic hydroxyl groups is 1. The van der Waals surface area contributed by atoms with Crippen molar-refractivity contribution in [2.24, 2.45) is 5.73 Å². The summed E-state index contributed by atoms with van der Waals surface area (Å²) in [6.45, 7) is 5.78. The third-order valence-corrected chi connectivity index (χ3v) is 21.8. The zero-order valence-corrected chi connectivity index (χ0v) is 67.2. The van der Waals surface area contributed by atoms with Crippen molar-refractivity contribution in [3.05, 3.63) is 221 Å². The Morgan fingerprint density at radius 2 is 0.812 bits per heavy atom. The third-order valence-electron chi connectivity index (χ3n) is 19.4. The molecule has 11 amide bonds. The summed E-state index contributed by atoms with van der Waals surface area (Å²) in [6.07, 6.45) is -4.12. The highest BCUT2D eigenvalue weighted by atomic mass is 33.1. The summed E-state index contributed by atoms with van der Waals surface area (Å²) < 4.78 is 0. The molecule has 1 aliphatic rings. The minimum absolute atomic E-state index is 0.00990. The summed E-state index contributed by atoms with van der Waals surface area (Å²) in [5.74, 6) is -13.2. The Labute approximate surface area is 686 Å². The molecule has 30 nitrogen and oxygen atoms in total. The molecule has 1 saturated heterocycles. The van der Waals surface area contributed by atoms with Gasteiger partial charge in [-0.15, -0.1) is 0 Å². The van der Waals surface area contributed by atoms with E-state index in [9.17, 15) is 59.1 Å². The fourth-order valence-electron chi connectivity index (χ4n) is 12.8. The number of hydrogen-bond donors (Lipinski definition) is 18. The van der Waals surface area contributed by atoms with Crippen LogP contribution in [0, 0.1) is 0 Å². The van der Waals surface area contributed by atoms with E-state index in [1.165, 1.54) is 19.1 Å². The number of carbonyl (C=O) groups is 12. The van der Waals surface area contributed by atoms with E-state index in [4.69, 9.17) is 5.73 Å². The van der Waals surface area contributed by atoms with E-state index in [1.54, 1.807) is 121 Å². The number of carbonyl (C=O) groups excluding carboxylic acids is 11. The molecule has 624 valence electrons. The van der Waals surface area contributed by atoms with Gasteiger partial charge in [0.15, 0.2) is 0 Å². The molecule has 13 atom stereocenters. The topological polar surface area (TPSA) is 476 Å². The van der Waals surface area contributed by atoms with Crippen LogP contribution in [0.1, 0.15) is 92.3 Å². The molecule has 117 heavy (non-hydrogen) atoms. The number of carboxylic acid groups (broad SMARTS) is 1. The summed E-state index contributed by atoms with van der Waals surface area (Å²) in [5, 5.41) is 87.4. The van der Waals surface area contributed by atoms with Gasteiger partial charge in [-0.25, -0.2) is 4.79 Å². The van der Waals surface area contributed by atoms with Crippen LogP contribution < -0.4 is 69.5 Å². The number of phenolic OH excluding ortho intramolecular Hbond substituents is 1. The van der Waals surface area contributed by atoms with Crippen molar-refractivity contribution in [3.63, 3.8) is 0 Å². The number of phenols is 1. The summed E-state index contributed by atoms with van der Waals surface area (Å²) in [6, 6.07) is 33.3. The SMILES string of the molecule is CC(C)NCc1ccc(C[C@@H]2NC(=O)[C@@H](Cc3ccc4ccccc4c3)NC(=O)[C@H](Cc3ccccc3)NC(=O)[C@H](Cc3ccccc3)NC(=O)[C@H](CCCCN)NC(=O)[C@H](NC(=O)CCc3ccc(O)cc3)CSSC[C@@H](C(=O)O)NC(=O)[C@H](CO)NC(=O)[C@H]([C@@H](C)O)NC(=O)[C@H](Cc3ccccc3)NC(=O)[C@@H]([C@@H](C)O)NC2=O)cc1. The van der Waals surface area contributed by atoms with Crippen LogP contribution in [-0.4, -0.2) is 206 Å². The predicted molar refractivity (Wildman–Crippen MR) is 444 cm³/mol. The van der Waals surface area contributed by atoms with Gasteiger partial charge in [0.1, 0.15) is 72.2 Å². The highest BCUT2D eigenvalue weighted by Gasteiger charge is 2.39. The van der Waals surface area contributed by atoms with E-state index >= 15 is 24.0 Å². The van der Waals surface area contributed by atoms with Crippen molar-refractivity contribution >= 4 is 103 Å². The van der Waals surface area contributed by atoms with Crippen LogP contribution >= 0.6 is 21.6 Å². The Balaban J connectivity index is 1.22. The monoisotopic (exact) mass is 1640 g/mol. The number of benzene rings is 7. The van der Waals surface area contributed by atoms with E-state index in [1.807, 2.05) is 62.4 Å². The molecule has 7 aromatic rings. The molecule has 0 saturated carbocycles. The van der Waals surface area contributed by atoms with Gasteiger partial charge < -0.3 is 95.1 Å². The lowest BCUT2D eigenvalue weighted by molar-refractivity contribution is -0.142. The fourth-order valence-corrected chi connectivity index (χ4v) is 15.1. The largest absolute Gasteiger partial charge is 0.508 e. The first-order valence-electron chi connectivity index (χ1n) is 38.8. The van der Waals surface area contributed by atoms with Crippen LogP contribution in [0.15, 0.2) is 182 Å². The van der Waals surface area contributed by atoms with Gasteiger partial charge in [0.2, 0.25) is 65.0 Å². The van der Waals surface area contributed by atoms with Gasteiger partial charge in [-0.3, -0.25) is 52.7 Å². The quantitative estimate of drug-likeness (QED) is 0.0287. The van der Waals surface area contributed by atoms with Gasteiger partial charge in [0, 0.05) is 62.6 Å². The lowest BCUT2D eigenvalue weighted by Gasteiger charge is -2.29. The molecule has 0 spiro atoms. The molecule has 0 aromatic heterocycles. The molecule has 1 fully saturated rings. The van der Waals surface area contributed by atoms with Gasteiger partial charge in [-0.05, 0) is 108 Å². The van der Waals surface area contributed by atoms with Crippen molar-refractivity contribution in [1.82, 2.24) is 63.8 Å². The number of fused-ring (bicyclic) bond motifs is 1. The number of aryl methyl sites for hydroxylation is 1. The second kappa shape index (κ2) is 46.5. The molecule has 0 bridgehead atoms. The minimum Gasteiger partial charge on any atom is -0.508 e. The summed E-state index contributed by atoms with van der Waals surface area (Å²) in [7, 11) is 1.72. The van der Waals surface area contributed by atoms with Crippen LogP contribution in [0.2, 0.25) is 0 Å². The normalized spacial score (nSPS) is 22.4. The van der Waals surface area contributed by atoms with E-state index in [0.717, 1.165) is 44.8 Å². The first-order chi connectivity index (χ1) is 56.1. The standard InChI is InChI=1S/C85H105N13O17S2/c1-50(2)87-46-58-29-27-57(28-30-58)44-66-79(108)97-73(51(3)100)83(112)94-67(43-56-22-12-7-13-23-56)80(109)98-74(52(4)101)84(113)95-69(47-99)81(110)96-71(85(114)115)49-117-116-48-70(88-72(103)38-34-53-32-36-62(102)37-33-53)82(111)89-63(26-16-17-39-86)75(104)90-64(41-54-18-8-5-9-19-54)76(105)91-65(42-55-20-10-6-11-21-55)77(106)93-68(78(107)92-66)45-59-31-35-60-24-14-15-25-61(60)40-59/h5-15,18-25,27-33,35-37,40,50-52,63-71,73-74,87,99-102H,16-17,26,34,38-39,41-49,86H2,1-4H3,(H,88,103)(H,89,111)(H,90,104)(H,91,105)(H,92,107)(H,93,106)(H,94,112)(H,95,113)(H,96,110)(H,97,108)(H,98,109)(H,114,115)/t51-,52-,63+,64+,65+,66+,67+,68-,69+,70-,71+,73-,74+/m1/s1. The Morgan fingerprint density at radius 3 is 1.27 bits per heavy atom. The molecular formula is C85H105N13O17S2. The maximum absolute atomic E-state index is 15.7. The number of nitrogens with one attached hydrogen (secondary N) is 12. The maximum Gasteiger partial charge on any atom is 0.327 e. The predicted octanol–water partition coefficient (Wildman–Crippen LogP) is 1.88. The number of aliphatic hydroxyl groups is 3. The number of aliphatic carboxylic acids is 1. The maximum atomic E-state index is 15.7. The molecule has 32 heteroatoms. The summed E-state index contributed by atoms with van der Waals surface area (Å²) >= 11 is 0. The number of amides is 11. The van der Waals surface area contributed by atoms with Crippen molar-refractivity contribution in [2.75, 3.05) is 24.7 Å². The Hall–Kier alpha value is -11.3. The van der Waals surface area contributed by atoms with Crippen molar-refractivity contribution < 1.29 is 83.1 Å². The van der Waals surface area contributed by atoms with E-state index in [0.29, 0.717) is 46.3 Å². The molecule has 7 aromatic carbocycles. The molecule has 8 rings (SSSR count). The zero-order chi connectivity index (χ0) is 84.5. The highest BCUT2D eigenvalue weighted by molar-refractivity contribution is 8.76. The van der Waals surface area contributed by atoms with Crippen LogP contribution in [0.5, 0.6) is 5.75 Å². The zero-order valence-electron chi connectivity index (χ0n) is 65.5. The Kier molecular flexibility index (Phi) is 36.3. The van der Waals surface area contributed by atoms with E-state index in [2.05, 4.69) is 63.8 Å². The average molecular weight is 1640 g/mol. The number of rotatable bonds is 25. The first kappa shape index (κ1) is 91.3. The Morgan fingerprint density at radius 1 is 0.427 bits per heavy atom. The third kappa shape index (κ3) is 29.8. The van der Waals surface area contributed by atoms with E-state index in [-0.39, 0.29) is 81.9 Å². The molecule has 0 aliphatic carbocycles. The van der Waals surface area contributed by atoms with Crippen LogP contribution in [-0.2, 0) is 103 Å². The van der Waals surface area contributed by atoms with Gasteiger partial charge in [0.25, 0.3) is 0 Å². The number of aliphatic hydroxyl groups excluding tert-OH is 3. The van der Waals surface area contributed by atoms with Crippen LogP contribution in [0.4, 0.5) is 0 Å². The second-order valence-electron chi connectivity index (χ2n) is 29.1. The molecule has 0 radical (unpaired) electrons. The lowest BCUT2D eigenvalue weighted by atomic mass is 9.98. The van der Waals surface area contributed by atoms with Crippen LogP contribution in [0.3, 0.4) is 0 Å². The van der Waals surface area contributed by atoms with Crippen molar-refractivity contribution in [1.29, 1.82) is 0 Å². The van der Waals surface area contributed by atoms with Gasteiger partial charge >= 0.3 is 5.97 Å². The number of carboxylic acids is 1. The Bertz CT molecular complexity index is 4480. The first-order valence-corrected chi connectivity index (χ1v) is 41.3. The van der Waals surface area contributed by atoms with Gasteiger partial charge in [-0.1, -0.05) is 205 Å². The van der Waals surface area contributed by atoms with Gasteiger partial charge in [-0.2, -0.15) is 0 Å². The minimum atomic E-state index is -1.95. The van der Waals surface area contributed by atoms with Crippen LogP contribution in [0.25, 0.3) is 10.8 Å². The lowest BCUT2D eigenvalue weighted by Crippen LogP contribution is -2.63. The number of unbranched alkanes of at least 4 members (excludes halogenated alkanes) is 1. The number of nitrogens with two attached hydrogens (primary N) is 1. The van der Waals surface area contributed by atoms with E-state index < -0.39 is 162 Å². The smallest absolute Gasteiger partial charge is 0.327 e. The van der Waals surface area contributed by atoms with Crippen molar-refractivity contribution in [2.45, 2.75) is 183 Å². The number of hydrogen-bond acceptors (Lipinski definition) is 20. The molecule has 0 unspecified atom stereocenters. The highest BCUT2D eigenvalue weighted by Crippen LogP contribution is 2.25. The van der Waals surface area contributed by atoms with Gasteiger partial charge in [0.05, 0.1) is 18.8 Å². The molecule has 1 heterocycles. The fraction of sp³-hybridized carbons (Fsp3) is 0.388. The van der Waals surface area contributed by atoms with Crippen molar-refractivity contribution in [3.8, 4) is 5.75 Å². The summed E-state index contributed by atoms with van der Waals surface area (Å²) in [4.78, 5) is 177. The second-order valence-corrected chi connectivity index (χ2v) is 31.7. The summed E-state index contributed by atoms with van der Waals surface area (Å²) in [5.41, 5.74) is 10.1.